The number of anilines is 1. The predicted molar refractivity (Wildman–Crippen MR) is 155 cm³/mol. The van der Waals surface area contributed by atoms with Gasteiger partial charge >= 0.3 is 5.63 Å². The first-order valence-corrected chi connectivity index (χ1v) is 12.9. The Morgan fingerprint density at radius 3 is 2.41 bits per heavy atom. The minimum Gasteiger partial charge on any atom is -0.497 e. The summed E-state index contributed by atoms with van der Waals surface area (Å²) in [6.45, 7) is 2.87. The van der Waals surface area contributed by atoms with Gasteiger partial charge < -0.3 is 33.6 Å². The van der Waals surface area contributed by atoms with Crippen molar-refractivity contribution in [2.75, 3.05) is 39.8 Å². The van der Waals surface area contributed by atoms with Crippen LogP contribution in [0.5, 0.6) is 23.0 Å². The zero-order chi connectivity index (χ0) is 27.5. The van der Waals surface area contributed by atoms with Crippen LogP contribution in [-0.2, 0) is 6.42 Å². The number of aryl methyl sites for hydroxylation is 1. The molecule has 202 valence electrons. The van der Waals surface area contributed by atoms with Gasteiger partial charge in [-0.05, 0) is 90.8 Å². The van der Waals surface area contributed by atoms with E-state index in [1.807, 2.05) is 55.5 Å². The fourth-order valence-electron chi connectivity index (χ4n) is 4.89. The standard InChI is InChI=1S/C30H30N2O6S/c1-18-13-29(33)38-26-15-22(9-10-23(18)26)37-17-25-24-16-28(36-4)27(35-3)14-19(24)11-12-32(25)30(39)31-20-5-7-21(34-2)8-6-20/h5-10,13-16,25H,11-12,17H2,1-4H3,(H,31,39). The molecule has 8 nitrogen and oxygen atoms in total. The first-order valence-electron chi connectivity index (χ1n) is 12.5. The van der Waals surface area contributed by atoms with E-state index in [9.17, 15) is 4.79 Å². The van der Waals surface area contributed by atoms with Crippen LogP contribution in [-0.4, -0.2) is 44.5 Å². The Morgan fingerprint density at radius 2 is 1.69 bits per heavy atom. The number of nitrogens with zero attached hydrogens (tertiary/aromatic N) is 1. The van der Waals surface area contributed by atoms with Gasteiger partial charge in [0, 0.05) is 29.8 Å². The van der Waals surface area contributed by atoms with Gasteiger partial charge in [0.2, 0.25) is 0 Å². The van der Waals surface area contributed by atoms with Gasteiger partial charge in [-0.3, -0.25) is 0 Å². The molecule has 1 unspecified atom stereocenters. The molecule has 1 N–H and O–H groups in total. The zero-order valence-corrected chi connectivity index (χ0v) is 23.1. The molecule has 3 aromatic carbocycles. The summed E-state index contributed by atoms with van der Waals surface area (Å²) in [5.74, 6) is 2.69. The number of hydrogen-bond donors (Lipinski definition) is 1. The summed E-state index contributed by atoms with van der Waals surface area (Å²) >= 11 is 5.88. The molecule has 0 fully saturated rings. The lowest BCUT2D eigenvalue weighted by Gasteiger charge is -2.39. The van der Waals surface area contributed by atoms with Gasteiger partial charge in [0.15, 0.2) is 16.6 Å². The molecule has 9 heteroatoms. The van der Waals surface area contributed by atoms with Gasteiger partial charge in [0.1, 0.15) is 23.7 Å². The molecule has 4 aromatic rings. The Kier molecular flexibility index (Phi) is 7.60. The lowest BCUT2D eigenvalue weighted by atomic mass is 9.92. The van der Waals surface area contributed by atoms with E-state index in [0.29, 0.717) is 41.1 Å². The van der Waals surface area contributed by atoms with E-state index in [4.69, 9.17) is 35.6 Å². The third-order valence-corrected chi connectivity index (χ3v) is 7.27. The highest BCUT2D eigenvalue weighted by Gasteiger charge is 2.31. The Hall–Kier alpha value is -4.24. The predicted octanol–water partition coefficient (Wildman–Crippen LogP) is 5.50. The summed E-state index contributed by atoms with van der Waals surface area (Å²) in [5, 5.41) is 4.80. The van der Waals surface area contributed by atoms with Gasteiger partial charge in [0.25, 0.3) is 0 Å². The molecular formula is C30H30N2O6S. The van der Waals surface area contributed by atoms with E-state index in [0.717, 1.165) is 39.9 Å². The minimum atomic E-state index is -0.388. The molecule has 0 saturated heterocycles. The maximum Gasteiger partial charge on any atom is 0.336 e. The number of hydrogen-bond acceptors (Lipinski definition) is 7. The van der Waals surface area contributed by atoms with Crippen molar-refractivity contribution in [1.82, 2.24) is 4.90 Å². The number of nitrogens with one attached hydrogen (secondary N) is 1. The number of fused-ring (bicyclic) bond motifs is 2. The van der Waals surface area contributed by atoms with Gasteiger partial charge in [-0.1, -0.05) is 0 Å². The van der Waals surface area contributed by atoms with E-state index in [2.05, 4.69) is 10.2 Å². The smallest absolute Gasteiger partial charge is 0.336 e. The second-order valence-corrected chi connectivity index (χ2v) is 9.63. The van der Waals surface area contributed by atoms with Crippen LogP contribution in [0.1, 0.15) is 22.7 Å². The number of thiocarbonyl (C=S) groups is 1. The fourth-order valence-corrected chi connectivity index (χ4v) is 5.23. The Morgan fingerprint density at radius 1 is 0.974 bits per heavy atom. The summed E-state index contributed by atoms with van der Waals surface area (Å²) in [4.78, 5) is 14.0. The van der Waals surface area contributed by atoms with Crippen molar-refractivity contribution in [2.45, 2.75) is 19.4 Å². The highest BCUT2D eigenvalue weighted by molar-refractivity contribution is 7.80. The molecule has 39 heavy (non-hydrogen) atoms. The topological polar surface area (TPSA) is 82.4 Å². The number of benzene rings is 3. The van der Waals surface area contributed by atoms with E-state index in [1.54, 1.807) is 27.4 Å². The molecule has 1 aliphatic heterocycles. The van der Waals surface area contributed by atoms with Gasteiger partial charge in [-0.15, -0.1) is 0 Å². The summed E-state index contributed by atoms with van der Waals surface area (Å²) in [6, 6.07) is 18.4. The average Bonchev–Trinajstić information content (AvgIpc) is 2.95. The van der Waals surface area contributed by atoms with Gasteiger partial charge in [0.05, 0.1) is 27.4 Å². The Bertz CT molecular complexity index is 1570. The molecule has 1 aromatic heterocycles. The molecule has 0 saturated carbocycles. The molecule has 1 atom stereocenters. The van der Waals surface area contributed by atoms with Crippen molar-refractivity contribution in [3.05, 3.63) is 87.8 Å². The van der Waals surface area contributed by atoms with Crippen LogP contribution >= 0.6 is 12.2 Å². The van der Waals surface area contributed by atoms with Crippen LogP contribution < -0.4 is 29.9 Å². The molecule has 1 aliphatic rings. The molecule has 0 amide bonds. The summed E-state index contributed by atoms with van der Waals surface area (Å²) < 4.78 is 28.1. The van der Waals surface area contributed by atoms with Crippen molar-refractivity contribution in [3.63, 3.8) is 0 Å². The van der Waals surface area contributed by atoms with Crippen LogP contribution in [0.2, 0.25) is 0 Å². The van der Waals surface area contributed by atoms with Crippen LogP contribution in [0, 0.1) is 6.92 Å². The van der Waals surface area contributed by atoms with E-state index >= 15 is 0 Å². The van der Waals surface area contributed by atoms with Crippen molar-refractivity contribution in [2.24, 2.45) is 0 Å². The number of ether oxygens (including phenoxy) is 4. The third-order valence-electron chi connectivity index (χ3n) is 6.94. The van der Waals surface area contributed by atoms with Crippen LogP contribution in [0.4, 0.5) is 5.69 Å². The number of methoxy groups -OCH3 is 3. The zero-order valence-electron chi connectivity index (χ0n) is 22.3. The van der Waals surface area contributed by atoms with Crippen molar-refractivity contribution >= 4 is 34.0 Å². The summed E-state index contributed by atoms with van der Waals surface area (Å²) in [7, 11) is 4.89. The summed E-state index contributed by atoms with van der Waals surface area (Å²) in [5.41, 5.74) is 4.00. The van der Waals surface area contributed by atoms with Crippen LogP contribution in [0.15, 0.2) is 69.9 Å². The lowest BCUT2D eigenvalue weighted by molar-refractivity contribution is 0.190. The molecule has 5 rings (SSSR count). The SMILES string of the molecule is COc1ccc(NC(=S)N2CCc3cc(OC)c(OC)cc3C2COc2ccc3c(C)cc(=O)oc3c2)cc1. The molecule has 0 spiro atoms. The molecule has 2 heterocycles. The van der Waals surface area contributed by atoms with Crippen molar-refractivity contribution < 1.29 is 23.4 Å². The van der Waals surface area contributed by atoms with Crippen molar-refractivity contribution in [1.29, 1.82) is 0 Å². The maximum absolute atomic E-state index is 11.9. The summed E-state index contributed by atoms with van der Waals surface area (Å²) in [6.07, 6.45) is 0.775. The quantitative estimate of drug-likeness (QED) is 0.239. The average molecular weight is 547 g/mol. The Balaban J connectivity index is 1.46. The first kappa shape index (κ1) is 26.4. The second-order valence-electron chi connectivity index (χ2n) is 9.24. The maximum atomic E-state index is 11.9. The van der Waals surface area contributed by atoms with Gasteiger partial charge in [-0.2, -0.15) is 0 Å². The fraction of sp³-hybridized carbons (Fsp3) is 0.267. The molecule has 0 aliphatic carbocycles. The molecule has 0 bridgehead atoms. The molecular weight excluding hydrogens is 516 g/mol. The van der Waals surface area contributed by atoms with Crippen LogP contribution in [0.3, 0.4) is 0 Å². The number of rotatable bonds is 7. The minimum absolute atomic E-state index is 0.216. The highest BCUT2D eigenvalue weighted by Crippen LogP contribution is 2.39. The second kappa shape index (κ2) is 11.2. The van der Waals surface area contributed by atoms with Crippen LogP contribution in [0.25, 0.3) is 11.0 Å². The largest absolute Gasteiger partial charge is 0.497 e. The highest BCUT2D eigenvalue weighted by atomic mass is 32.1. The van der Waals surface area contributed by atoms with E-state index < -0.39 is 0 Å². The first-order chi connectivity index (χ1) is 18.9. The van der Waals surface area contributed by atoms with Crippen molar-refractivity contribution in [3.8, 4) is 23.0 Å². The normalized spacial score (nSPS) is 14.5. The monoisotopic (exact) mass is 546 g/mol. The molecule has 0 radical (unpaired) electrons. The van der Waals surface area contributed by atoms with E-state index in [-0.39, 0.29) is 11.7 Å². The third kappa shape index (κ3) is 5.49. The lowest BCUT2D eigenvalue weighted by Crippen LogP contribution is -2.44. The Labute approximate surface area is 232 Å². The van der Waals surface area contributed by atoms with E-state index in [1.165, 1.54) is 6.07 Å². The van der Waals surface area contributed by atoms with Gasteiger partial charge in [-0.25, -0.2) is 4.79 Å².